The first-order valence-corrected chi connectivity index (χ1v) is 8.87. The lowest BCUT2D eigenvalue weighted by molar-refractivity contribution is -0.125. The Balaban J connectivity index is 1.70. The number of nitrogens with one attached hydrogen (secondary N) is 1. The van der Waals surface area contributed by atoms with Crippen LogP contribution in [0.25, 0.3) is 22.0 Å². The Morgan fingerprint density at radius 1 is 1.25 bits per heavy atom. The monoisotopic (exact) mass is 381 g/mol. The Hall–Kier alpha value is -3.35. The highest BCUT2D eigenvalue weighted by Gasteiger charge is 2.28. The normalized spacial score (nSPS) is 16.5. The summed E-state index contributed by atoms with van der Waals surface area (Å²) in [6, 6.07) is 8.16. The molecule has 1 aliphatic rings. The molecule has 1 amide bonds. The summed E-state index contributed by atoms with van der Waals surface area (Å²) in [4.78, 5) is 33.3. The molecule has 0 saturated carbocycles. The lowest BCUT2D eigenvalue weighted by atomic mass is 10.0. The third kappa shape index (κ3) is 3.19. The van der Waals surface area contributed by atoms with Crippen LogP contribution in [0, 0.1) is 11.6 Å². The van der Waals surface area contributed by atoms with Crippen molar-refractivity contribution < 1.29 is 13.6 Å². The molecule has 142 valence electrons. The van der Waals surface area contributed by atoms with Crippen LogP contribution < -0.4 is 5.56 Å². The minimum absolute atomic E-state index is 0.0600. The van der Waals surface area contributed by atoms with Crippen molar-refractivity contribution in [3.8, 4) is 11.1 Å². The van der Waals surface area contributed by atoms with E-state index in [9.17, 15) is 18.4 Å². The molecule has 7 heteroatoms. The third-order valence-corrected chi connectivity index (χ3v) is 5.03. The van der Waals surface area contributed by atoms with Crippen molar-refractivity contribution in [2.45, 2.75) is 12.3 Å². The molecule has 0 radical (unpaired) electrons. The van der Waals surface area contributed by atoms with E-state index >= 15 is 0 Å². The van der Waals surface area contributed by atoms with Gasteiger partial charge >= 0.3 is 0 Å². The van der Waals surface area contributed by atoms with Gasteiger partial charge in [-0.15, -0.1) is 0 Å². The molecule has 1 aromatic heterocycles. The number of nitrogens with zero attached hydrogens (tertiary/aromatic N) is 2. The molecule has 4 rings (SSSR count). The topological polar surface area (TPSA) is 66.1 Å². The zero-order valence-electron chi connectivity index (χ0n) is 14.9. The standard InChI is InChI=1S/C21H17F2N3O2/c1-2-19(27)26-8-7-13(11-26)20-24-18-6-3-12(9-16(18)21(28)25-20)15-5-4-14(22)10-17(15)23/h2-6,9-10,13H,1,7-8,11H2,(H,24,25,28). The van der Waals surface area contributed by atoms with Crippen LogP contribution in [-0.4, -0.2) is 33.9 Å². The highest BCUT2D eigenvalue weighted by atomic mass is 19.1. The molecule has 1 saturated heterocycles. The number of benzene rings is 2. The van der Waals surface area contributed by atoms with Crippen LogP contribution in [0.15, 0.2) is 53.8 Å². The fourth-order valence-electron chi connectivity index (χ4n) is 3.55. The van der Waals surface area contributed by atoms with Gasteiger partial charge in [-0.2, -0.15) is 0 Å². The largest absolute Gasteiger partial charge is 0.338 e. The van der Waals surface area contributed by atoms with Gasteiger partial charge in [-0.05, 0) is 42.3 Å². The lowest BCUT2D eigenvalue weighted by Crippen LogP contribution is -2.26. The molecule has 2 heterocycles. The highest BCUT2D eigenvalue weighted by molar-refractivity contribution is 5.87. The Morgan fingerprint density at radius 2 is 2.07 bits per heavy atom. The van der Waals surface area contributed by atoms with E-state index in [0.717, 1.165) is 6.07 Å². The maximum Gasteiger partial charge on any atom is 0.258 e. The lowest BCUT2D eigenvalue weighted by Gasteiger charge is -2.14. The molecule has 1 aliphatic heterocycles. The molecule has 0 bridgehead atoms. The fraction of sp³-hybridized carbons (Fsp3) is 0.190. The number of fused-ring (bicyclic) bond motifs is 1. The smallest absolute Gasteiger partial charge is 0.258 e. The Bertz CT molecular complexity index is 1160. The van der Waals surface area contributed by atoms with Crippen LogP contribution in [0.3, 0.4) is 0 Å². The summed E-state index contributed by atoms with van der Waals surface area (Å²) in [5.41, 5.74) is 0.825. The van der Waals surface area contributed by atoms with E-state index in [4.69, 9.17) is 0 Å². The molecule has 1 atom stereocenters. The number of hydrogen-bond donors (Lipinski definition) is 1. The van der Waals surface area contributed by atoms with Gasteiger partial charge < -0.3 is 9.88 Å². The van der Waals surface area contributed by atoms with Crippen LogP contribution in [0.5, 0.6) is 0 Å². The van der Waals surface area contributed by atoms with Crippen LogP contribution >= 0.6 is 0 Å². The van der Waals surface area contributed by atoms with Crippen molar-refractivity contribution in [2.75, 3.05) is 13.1 Å². The van der Waals surface area contributed by atoms with Gasteiger partial charge in [-0.1, -0.05) is 12.6 Å². The number of halogens is 2. The maximum absolute atomic E-state index is 14.1. The molecule has 2 aromatic carbocycles. The number of hydrogen-bond acceptors (Lipinski definition) is 3. The highest BCUT2D eigenvalue weighted by Crippen LogP contribution is 2.28. The molecule has 28 heavy (non-hydrogen) atoms. The van der Waals surface area contributed by atoms with E-state index < -0.39 is 11.6 Å². The van der Waals surface area contributed by atoms with Gasteiger partial charge in [0.2, 0.25) is 5.91 Å². The average molecular weight is 381 g/mol. The molecule has 0 aliphatic carbocycles. The summed E-state index contributed by atoms with van der Waals surface area (Å²) < 4.78 is 27.2. The summed E-state index contributed by atoms with van der Waals surface area (Å²) in [6.07, 6.45) is 1.97. The van der Waals surface area contributed by atoms with Gasteiger partial charge in [0.1, 0.15) is 17.5 Å². The number of rotatable bonds is 3. The number of likely N-dealkylation sites (tertiary alicyclic amines) is 1. The van der Waals surface area contributed by atoms with E-state index in [2.05, 4.69) is 16.5 Å². The second kappa shape index (κ2) is 6.99. The third-order valence-electron chi connectivity index (χ3n) is 5.03. The molecule has 1 fully saturated rings. The number of H-pyrrole nitrogens is 1. The number of aromatic amines is 1. The number of amides is 1. The summed E-state index contributed by atoms with van der Waals surface area (Å²) in [5.74, 6) is -1.03. The first-order chi connectivity index (χ1) is 13.5. The van der Waals surface area contributed by atoms with E-state index in [1.165, 1.54) is 18.2 Å². The first-order valence-electron chi connectivity index (χ1n) is 8.87. The number of aromatic nitrogens is 2. The molecular weight excluding hydrogens is 364 g/mol. The van der Waals surface area contributed by atoms with Crippen molar-refractivity contribution in [1.29, 1.82) is 0 Å². The Kier molecular flexibility index (Phi) is 4.50. The predicted octanol–water partition coefficient (Wildman–Crippen LogP) is 3.37. The maximum atomic E-state index is 14.1. The Labute approximate surface area is 159 Å². The van der Waals surface area contributed by atoms with Gasteiger partial charge in [0, 0.05) is 30.6 Å². The summed E-state index contributed by atoms with van der Waals surface area (Å²) in [6.45, 7) is 4.54. The second-order valence-electron chi connectivity index (χ2n) is 6.78. The second-order valence-corrected chi connectivity index (χ2v) is 6.78. The van der Waals surface area contributed by atoms with Crippen LogP contribution in [0.4, 0.5) is 8.78 Å². The SMILES string of the molecule is C=CC(=O)N1CCC(c2nc3ccc(-c4ccc(F)cc4F)cc3c(=O)[nH]2)C1. The van der Waals surface area contributed by atoms with Gasteiger partial charge in [0.25, 0.3) is 5.56 Å². The van der Waals surface area contributed by atoms with Crippen LogP contribution in [-0.2, 0) is 4.79 Å². The fourth-order valence-corrected chi connectivity index (χ4v) is 3.55. The minimum Gasteiger partial charge on any atom is -0.338 e. The zero-order chi connectivity index (χ0) is 19.8. The average Bonchev–Trinajstić information content (AvgIpc) is 3.17. The van der Waals surface area contributed by atoms with E-state index in [1.807, 2.05) is 0 Å². The molecule has 0 spiro atoms. The molecular formula is C21H17F2N3O2. The first kappa shape index (κ1) is 18.0. The summed E-state index contributed by atoms with van der Waals surface area (Å²) in [5, 5.41) is 0.321. The summed E-state index contributed by atoms with van der Waals surface area (Å²) >= 11 is 0. The van der Waals surface area contributed by atoms with E-state index in [1.54, 1.807) is 23.1 Å². The van der Waals surface area contributed by atoms with Gasteiger partial charge in [0.15, 0.2) is 0 Å². The van der Waals surface area contributed by atoms with Crippen molar-refractivity contribution in [3.63, 3.8) is 0 Å². The van der Waals surface area contributed by atoms with E-state index in [-0.39, 0.29) is 22.9 Å². The number of carbonyl (C=O) groups excluding carboxylic acids is 1. The van der Waals surface area contributed by atoms with Crippen molar-refractivity contribution >= 4 is 16.8 Å². The van der Waals surface area contributed by atoms with Gasteiger partial charge in [-0.3, -0.25) is 9.59 Å². The van der Waals surface area contributed by atoms with Gasteiger partial charge in [-0.25, -0.2) is 13.8 Å². The quantitative estimate of drug-likeness (QED) is 0.708. The van der Waals surface area contributed by atoms with Gasteiger partial charge in [0.05, 0.1) is 10.9 Å². The predicted molar refractivity (Wildman–Crippen MR) is 102 cm³/mol. The summed E-state index contributed by atoms with van der Waals surface area (Å²) in [7, 11) is 0. The van der Waals surface area contributed by atoms with E-state index in [0.29, 0.717) is 41.8 Å². The minimum atomic E-state index is -0.696. The van der Waals surface area contributed by atoms with Crippen molar-refractivity contribution in [3.05, 3.63) is 76.9 Å². The molecule has 3 aromatic rings. The number of carbonyl (C=O) groups is 1. The molecule has 5 nitrogen and oxygen atoms in total. The van der Waals surface area contributed by atoms with Crippen molar-refractivity contribution in [2.24, 2.45) is 0 Å². The van der Waals surface area contributed by atoms with Crippen molar-refractivity contribution in [1.82, 2.24) is 14.9 Å². The molecule has 1 N–H and O–H groups in total. The molecule has 1 unspecified atom stereocenters. The van der Waals surface area contributed by atoms with Crippen LogP contribution in [0.1, 0.15) is 18.2 Å². The zero-order valence-corrected chi connectivity index (χ0v) is 14.9. The Morgan fingerprint density at radius 3 is 2.82 bits per heavy atom. The van der Waals surface area contributed by atoms with Crippen LogP contribution in [0.2, 0.25) is 0 Å².